The number of nitrogens with zero attached hydrogens (tertiary/aromatic N) is 5. The maximum absolute atomic E-state index is 10.7. The molecular weight excluding hydrogens is 334 g/mol. The molecule has 0 aromatic carbocycles. The highest BCUT2D eigenvalue weighted by molar-refractivity contribution is 9.10. The summed E-state index contributed by atoms with van der Waals surface area (Å²) in [7, 11) is 4.04. The summed E-state index contributed by atoms with van der Waals surface area (Å²) >= 11 is 3.49. The summed E-state index contributed by atoms with van der Waals surface area (Å²) in [5, 5.41) is 19.4. The van der Waals surface area contributed by atoms with Gasteiger partial charge >= 0.3 is 0 Å². The standard InChI is InChI=1S/C14H22BrN5O/c1-4-7-19-12(5-6-16-19)14(21)13-11(15)10-17-20(13)9-8-18(2)3/h5-6,10,14,21H,4,7-9H2,1-3H3. The molecule has 2 aromatic rings. The smallest absolute Gasteiger partial charge is 0.138 e. The maximum atomic E-state index is 10.7. The lowest BCUT2D eigenvalue weighted by molar-refractivity contribution is 0.193. The SMILES string of the molecule is CCCn1nccc1C(O)c1c(Br)cnn1CCN(C)C. The number of rotatable bonds is 7. The van der Waals surface area contributed by atoms with Gasteiger partial charge in [0.25, 0.3) is 0 Å². The van der Waals surface area contributed by atoms with Crippen LogP contribution in [-0.2, 0) is 13.1 Å². The summed E-state index contributed by atoms with van der Waals surface area (Å²) in [6, 6.07) is 1.86. The van der Waals surface area contributed by atoms with E-state index in [-0.39, 0.29) is 0 Å². The molecule has 1 N–H and O–H groups in total. The molecule has 0 aliphatic rings. The second-order valence-electron chi connectivity index (χ2n) is 5.29. The molecule has 0 saturated carbocycles. The second kappa shape index (κ2) is 7.20. The van der Waals surface area contributed by atoms with Gasteiger partial charge in [0.2, 0.25) is 0 Å². The number of likely N-dealkylation sites (N-methyl/N-ethyl adjacent to an activating group) is 1. The number of aromatic nitrogens is 4. The Morgan fingerprint density at radius 1 is 1.29 bits per heavy atom. The number of halogens is 1. The molecule has 2 aromatic heterocycles. The van der Waals surface area contributed by atoms with Gasteiger partial charge in [-0.15, -0.1) is 0 Å². The molecule has 0 bridgehead atoms. The van der Waals surface area contributed by atoms with E-state index in [2.05, 4.69) is 38.0 Å². The Morgan fingerprint density at radius 3 is 2.71 bits per heavy atom. The third-order valence-electron chi connectivity index (χ3n) is 3.32. The highest BCUT2D eigenvalue weighted by atomic mass is 79.9. The van der Waals surface area contributed by atoms with Crippen LogP contribution in [0.1, 0.15) is 30.8 Å². The van der Waals surface area contributed by atoms with Crippen molar-refractivity contribution in [2.24, 2.45) is 0 Å². The van der Waals surface area contributed by atoms with Crippen molar-refractivity contribution >= 4 is 15.9 Å². The average Bonchev–Trinajstić information content (AvgIpc) is 3.03. The van der Waals surface area contributed by atoms with Crippen LogP contribution in [0.3, 0.4) is 0 Å². The summed E-state index contributed by atoms with van der Waals surface area (Å²) < 4.78 is 4.51. The van der Waals surface area contributed by atoms with Gasteiger partial charge in [0.1, 0.15) is 6.10 Å². The Balaban J connectivity index is 2.27. The third-order valence-corrected chi connectivity index (χ3v) is 3.93. The number of hydrogen-bond donors (Lipinski definition) is 1. The zero-order valence-electron chi connectivity index (χ0n) is 12.7. The number of aryl methyl sites for hydroxylation is 1. The minimum Gasteiger partial charge on any atom is -0.380 e. The molecule has 0 radical (unpaired) electrons. The van der Waals surface area contributed by atoms with E-state index in [1.54, 1.807) is 12.4 Å². The quantitative estimate of drug-likeness (QED) is 0.823. The highest BCUT2D eigenvalue weighted by Crippen LogP contribution is 2.28. The average molecular weight is 356 g/mol. The molecule has 2 heterocycles. The van der Waals surface area contributed by atoms with Gasteiger partial charge in [-0.1, -0.05) is 6.92 Å². The van der Waals surface area contributed by atoms with Crippen LogP contribution in [0.25, 0.3) is 0 Å². The summed E-state index contributed by atoms with van der Waals surface area (Å²) in [4.78, 5) is 2.09. The first-order chi connectivity index (χ1) is 10.0. The molecule has 1 unspecified atom stereocenters. The number of aliphatic hydroxyl groups is 1. The van der Waals surface area contributed by atoms with E-state index in [4.69, 9.17) is 0 Å². The second-order valence-corrected chi connectivity index (χ2v) is 6.14. The Bertz CT molecular complexity index is 578. The molecular formula is C14H22BrN5O. The minimum atomic E-state index is -0.738. The molecule has 7 heteroatoms. The van der Waals surface area contributed by atoms with E-state index >= 15 is 0 Å². The van der Waals surface area contributed by atoms with E-state index in [1.807, 2.05) is 29.5 Å². The fraction of sp³-hybridized carbons (Fsp3) is 0.571. The van der Waals surface area contributed by atoms with Gasteiger partial charge in [-0.05, 0) is 42.5 Å². The van der Waals surface area contributed by atoms with Crippen LogP contribution in [0.4, 0.5) is 0 Å². The van der Waals surface area contributed by atoms with Crippen LogP contribution < -0.4 is 0 Å². The highest BCUT2D eigenvalue weighted by Gasteiger charge is 2.22. The summed E-state index contributed by atoms with van der Waals surface area (Å²) in [5.41, 5.74) is 1.57. The number of aliphatic hydroxyl groups excluding tert-OH is 1. The maximum Gasteiger partial charge on any atom is 0.138 e. The van der Waals surface area contributed by atoms with Crippen molar-refractivity contribution in [1.82, 2.24) is 24.5 Å². The lowest BCUT2D eigenvalue weighted by Gasteiger charge is -2.17. The van der Waals surface area contributed by atoms with Crippen LogP contribution in [-0.4, -0.2) is 50.2 Å². The van der Waals surface area contributed by atoms with Crippen LogP contribution in [0.15, 0.2) is 22.9 Å². The van der Waals surface area contributed by atoms with Crippen molar-refractivity contribution in [3.05, 3.63) is 34.3 Å². The van der Waals surface area contributed by atoms with Crippen molar-refractivity contribution in [3.63, 3.8) is 0 Å². The zero-order valence-corrected chi connectivity index (χ0v) is 14.3. The van der Waals surface area contributed by atoms with Crippen molar-refractivity contribution in [1.29, 1.82) is 0 Å². The van der Waals surface area contributed by atoms with Crippen LogP contribution >= 0.6 is 15.9 Å². The van der Waals surface area contributed by atoms with Gasteiger partial charge in [-0.3, -0.25) is 9.36 Å². The Hall–Kier alpha value is -1.18. The third kappa shape index (κ3) is 3.72. The normalized spacial score (nSPS) is 13.0. The van der Waals surface area contributed by atoms with Gasteiger partial charge in [0.05, 0.1) is 28.6 Å². The van der Waals surface area contributed by atoms with Crippen molar-refractivity contribution in [2.45, 2.75) is 32.5 Å². The minimum absolute atomic E-state index is 0.729. The van der Waals surface area contributed by atoms with Gasteiger partial charge in [-0.25, -0.2) is 0 Å². The predicted molar refractivity (Wildman–Crippen MR) is 85.1 cm³/mol. The molecule has 0 fully saturated rings. The van der Waals surface area contributed by atoms with Gasteiger partial charge < -0.3 is 10.0 Å². The van der Waals surface area contributed by atoms with Gasteiger partial charge in [-0.2, -0.15) is 10.2 Å². The summed E-state index contributed by atoms with van der Waals surface area (Å²) in [6.45, 7) is 4.48. The fourth-order valence-corrected chi connectivity index (χ4v) is 2.74. The molecule has 0 spiro atoms. The predicted octanol–water partition coefficient (Wildman–Crippen LogP) is 1.90. The Morgan fingerprint density at radius 2 is 2.05 bits per heavy atom. The van der Waals surface area contributed by atoms with Crippen LogP contribution in [0.2, 0.25) is 0 Å². The van der Waals surface area contributed by atoms with Gasteiger partial charge in [0.15, 0.2) is 0 Å². The van der Waals surface area contributed by atoms with Crippen molar-refractivity contribution < 1.29 is 5.11 Å². The molecule has 6 nitrogen and oxygen atoms in total. The molecule has 1 atom stereocenters. The number of hydrogen-bond acceptors (Lipinski definition) is 4. The summed E-state index contributed by atoms with van der Waals surface area (Å²) in [6.07, 6.45) is 3.69. The van der Waals surface area contributed by atoms with Crippen LogP contribution in [0, 0.1) is 0 Å². The Kier molecular flexibility index (Phi) is 5.55. The first-order valence-corrected chi connectivity index (χ1v) is 7.89. The largest absolute Gasteiger partial charge is 0.380 e. The lowest BCUT2D eigenvalue weighted by Crippen LogP contribution is -2.22. The van der Waals surface area contributed by atoms with Crippen molar-refractivity contribution in [3.8, 4) is 0 Å². The van der Waals surface area contributed by atoms with E-state index in [0.717, 1.165) is 41.9 Å². The molecule has 21 heavy (non-hydrogen) atoms. The first-order valence-electron chi connectivity index (χ1n) is 7.10. The van der Waals surface area contributed by atoms with Crippen LogP contribution in [0.5, 0.6) is 0 Å². The molecule has 0 aliphatic carbocycles. The van der Waals surface area contributed by atoms with E-state index in [1.165, 1.54) is 0 Å². The van der Waals surface area contributed by atoms with E-state index in [9.17, 15) is 5.11 Å². The molecule has 0 amide bonds. The first kappa shape index (κ1) is 16.2. The molecule has 2 rings (SSSR count). The van der Waals surface area contributed by atoms with E-state index < -0.39 is 6.10 Å². The molecule has 116 valence electrons. The van der Waals surface area contributed by atoms with Gasteiger partial charge in [0, 0.05) is 19.3 Å². The summed E-state index contributed by atoms with van der Waals surface area (Å²) in [5.74, 6) is 0. The monoisotopic (exact) mass is 355 g/mol. The Labute approximate surface area is 133 Å². The molecule has 0 saturated heterocycles. The molecule has 0 aliphatic heterocycles. The fourth-order valence-electron chi connectivity index (χ4n) is 2.23. The lowest BCUT2D eigenvalue weighted by atomic mass is 10.2. The van der Waals surface area contributed by atoms with Crippen molar-refractivity contribution in [2.75, 3.05) is 20.6 Å². The zero-order chi connectivity index (χ0) is 15.4. The topological polar surface area (TPSA) is 59.1 Å². The van der Waals surface area contributed by atoms with E-state index in [0.29, 0.717) is 0 Å².